The van der Waals surface area contributed by atoms with Crippen LogP contribution in [0.15, 0.2) is 0 Å². The van der Waals surface area contributed by atoms with E-state index in [1.54, 1.807) is 11.9 Å². The molecule has 0 spiro atoms. The van der Waals surface area contributed by atoms with E-state index in [0.29, 0.717) is 0 Å². The van der Waals surface area contributed by atoms with Crippen LogP contribution in [0.5, 0.6) is 0 Å². The van der Waals surface area contributed by atoms with Gasteiger partial charge in [0.1, 0.15) is 0 Å². The van der Waals surface area contributed by atoms with Crippen LogP contribution in [0.2, 0.25) is 0 Å². The molecule has 0 aromatic rings. The van der Waals surface area contributed by atoms with Gasteiger partial charge in [-0.15, -0.1) is 0 Å². The van der Waals surface area contributed by atoms with Crippen molar-refractivity contribution in [1.82, 2.24) is 10.2 Å². The van der Waals surface area contributed by atoms with E-state index in [1.807, 2.05) is 6.92 Å². The summed E-state index contributed by atoms with van der Waals surface area (Å²) in [5.74, 6) is 0. The number of hydrogen-bond donors (Lipinski definition) is 1. The topological polar surface area (TPSA) is 15.3 Å². The van der Waals surface area contributed by atoms with Gasteiger partial charge in [0, 0.05) is 11.6 Å². The van der Waals surface area contributed by atoms with Gasteiger partial charge >= 0.3 is 0 Å². The first-order chi connectivity index (χ1) is 6.72. The Bertz CT molecular complexity index is 166. The molecule has 0 rings (SSSR count). The summed E-state index contributed by atoms with van der Waals surface area (Å²) in [7, 11) is 1.74. The van der Waals surface area contributed by atoms with Gasteiger partial charge in [-0.1, -0.05) is 0 Å². The Morgan fingerprint density at radius 1 is 1.27 bits per heavy atom. The van der Waals surface area contributed by atoms with Crippen molar-refractivity contribution in [2.45, 2.75) is 52.1 Å². The summed E-state index contributed by atoms with van der Waals surface area (Å²) < 4.78 is 24.2. The van der Waals surface area contributed by atoms with E-state index in [2.05, 4.69) is 26.1 Å². The fraction of sp³-hybridized carbons (Fsp3) is 1.00. The SMILES string of the molecule is CC(CCNC(C)(C)C)N(C)CC(F)F. The highest BCUT2D eigenvalue weighted by Crippen LogP contribution is 2.05. The van der Waals surface area contributed by atoms with Crippen LogP contribution in [0.25, 0.3) is 0 Å². The number of nitrogens with one attached hydrogen (secondary N) is 1. The highest BCUT2D eigenvalue weighted by molar-refractivity contribution is 4.72. The van der Waals surface area contributed by atoms with Gasteiger partial charge in [-0.05, 0) is 47.7 Å². The van der Waals surface area contributed by atoms with E-state index in [-0.39, 0.29) is 18.1 Å². The molecule has 0 aromatic carbocycles. The maximum atomic E-state index is 12.1. The molecule has 0 saturated carbocycles. The van der Waals surface area contributed by atoms with Crippen molar-refractivity contribution in [3.63, 3.8) is 0 Å². The van der Waals surface area contributed by atoms with Crippen LogP contribution in [0, 0.1) is 0 Å². The largest absolute Gasteiger partial charge is 0.312 e. The second kappa shape index (κ2) is 6.38. The summed E-state index contributed by atoms with van der Waals surface area (Å²) in [6.07, 6.45) is -1.35. The Kier molecular flexibility index (Phi) is 6.29. The molecule has 0 aliphatic carbocycles. The lowest BCUT2D eigenvalue weighted by atomic mass is 10.1. The minimum absolute atomic E-state index is 0.0982. The molecule has 92 valence electrons. The zero-order valence-corrected chi connectivity index (χ0v) is 10.5. The maximum Gasteiger partial charge on any atom is 0.251 e. The third kappa shape index (κ3) is 8.75. The average Bonchev–Trinajstić information content (AvgIpc) is 2.00. The molecule has 0 aliphatic heterocycles. The van der Waals surface area contributed by atoms with Crippen molar-refractivity contribution in [3.8, 4) is 0 Å². The van der Waals surface area contributed by atoms with E-state index in [4.69, 9.17) is 0 Å². The molecule has 0 aromatic heterocycles. The molecule has 1 atom stereocenters. The first-order valence-electron chi connectivity index (χ1n) is 5.46. The second-order valence-electron chi connectivity index (χ2n) is 5.15. The first kappa shape index (κ1) is 14.8. The average molecular weight is 222 g/mol. The van der Waals surface area contributed by atoms with Crippen LogP contribution in [0.3, 0.4) is 0 Å². The lowest BCUT2D eigenvalue weighted by molar-refractivity contribution is 0.0820. The number of nitrogens with zero attached hydrogens (tertiary/aromatic N) is 1. The van der Waals surface area contributed by atoms with Crippen molar-refractivity contribution in [1.29, 1.82) is 0 Å². The quantitative estimate of drug-likeness (QED) is 0.742. The number of halogens is 2. The van der Waals surface area contributed by atoms with Crippen molar-refractivity contribution >= 4 is 0 Å². The van der Waals surface area contributed by atoms with Gasteiger partial charge in [0.25, 0.3) is 6.43 Å². The monoisotopic (exact) mass is 222 g/mol. The van der Waals surface area contributed by atoms with Crippen LogP contribution in [0.4, 0.5) is 8.78 Å². The van der Waals surface area contributed by atoms with Crippen LogP contribution in [-0.4, -0.2) is 43.0 Å². The molecule has 2 nitrogen and oxygen atoms in total. The predicted molar refractivity (Wildman–Crippen MR) is 60.5 cm³/mol. The minimum atomic E-state index is -2.24. The molecule has 1 unspecified atom stereocenters. The second-order valence-corrected chi connectivity index (χ2v) is 5.15. The normalized spacial score (nSPS) is 15.0. The van der Waals surface area contributed by atoms with Crippen LogP contribution >= 0.6 is 0 Å². The van der Waals surface area contributed by atoms with Crippen LogP contribution in [-0.2, 0) is 0 Å². The Hall–Kier alpha value is -0.220. The number of hydrogen-bond acceptors (Lipinski definition) is 2. The molecule has 1 N–H and O–H groups in total. The minimum Gasteiger partial charge on any atom is -0.312 e. The summed E-state index contributed by atoms with van der Waals surface area (Å²) in [5, 5.41) is 3.35. The van der Waals surface area contributed by atoms with E-state index in [1.165, 1.54) is 0 Å². The lowest BCUT2D eigenvalue weighted by Gasteiger charge is -2.26. The standard InChI is InChI=1S/C11H24F2N2/c1-9(15(5)8-10(12)13)6-7-14-11(2,3)4/h9-10,14H,6-8H2,1-5H3. The highest BCUT2D eigenvalue weighted by atomic mass is 19.3. The van der Waals surface area contributed by atoms with Gasteiger partial charge in [-0.2, -0.15) is 0 Å². The summed E-state index contributed by atoms with van der Waals surface area (Å²) in [5.41, 5.74) is 0.0982. The van der Waals surface area contributed by atoms with Gasteiger partial charge < -0.3 is 5.32 Å². The number of rotatable bonds is 6. The smallest absolute Gasteiger partial charge is 0.251 e. The van der Waals surface area contributed by atoms with E-state index in [0.717, 1.165) is 13.0 Å². The van der Waals surface area contributed by atoms with Gasteiger partial charge in [0.2, 0.25) is 0 Å². The van der Waals surface area contributed by atoms with E-state index in [9.17, 15) is 8.78 Å². The molecule has 15 heavy (non-hydrogen) atoms. The third-order valence-corrected chi connectivity index (χ3v) is 2.40. The van der Waals surface area contributed by atoms with Gasteiger partial charge in [0.15, 0.2) is 0 Å². The fourth-order valence-electron chi connectivity index (χ4n) is 1.27. The zero-order valence-electron chi connectivity index (χ0n) is 10.5. The van der Waals surface area contributed by atoms with E-state index < -0.39 is 6.43 Å². The van der Waals surface area contributed by atoms with E-state index >= 15 is 0 Å². The Balaban J connectivity index is 3.69. The molecule has 0 radical (unpaired) electrons. The Morgan fingerprint density at radius 3 is 2.20 bits per heavy atom. The number of alkyl halides is 2. The van der Waals surface area contributed by atoms with Crippen molar-refractivity contribution in [3.05, 3.63) is 0 Å². The zero-order chi connectivity index (χ0) is 12.1. The Morgan fingerprint density at radius 2 is 1.80 bits per heavy atom. The highest BCUT2D eigenvalue weighted by Gasteiger charge is 2.15. The molecule has 0 heterocycles. The molecule has 0 saturated heterocycles. The molecule has 4 heteroatoms. The molecule has 0 aliphatic rings. The summed E-state index contributed by atoms with van der Waals surface area (Å²) >= 11 is 0. The van der Waals surface area contributed by atoms with Gasteiger partial charge in [0.05, 0.1) is 6.54 Å². The first-order valence-corrected chi connectivity index (χ1v) is 5.46. The van der Waals surface area contributed by atoms with Crippen molar-refractivity contribution < 1.29 is 8.78 Å². The third-order valence-electron chi connectivity index (χ3n) is 2.40. The van der Waals surface area contributed by atoms with Crippen LogP contribution in [0.1, 0.15) is 34.1 Å². The summed E-state index contributed by atoms with van der Waals surface area (Å²) in [6, 6.07) is 0.189. The van der Waals surface area contributed by atoms with Gasteiger partial charge in [-0.25, -0.2) is 8.78 Å². The summed E-state index contributed by atoms with van der Waals surface area (Å²) in [6.45, 7) is 8.99. The molecular formula is C11H24F2N2. The Labute approximate surface area is 92.0 Å². The fourth-order valence-corrected chi connectivity index (χ4v) is 1.27. The maximum absolute atomic E-state index is 12.1. The lowest BCUT2D eigenvalue weighted by Crippen LogP contribution is -2.40. The van der Waals surface area contributed by atoms with Crippen molar-refractivity contribution in [2.75, 3.05) is 20.1 Å². The molecular weight excluding hydrogens is 198 g/mol. The molecule has 0 fully saturated rings. The van der Waals surface area contributed by atoms with Crippen LogP contribution < -0.4 is 5.32 Å². The molecule has 0 amide bonds. The van der Waals surface area contributed by atoms with Crippen molar-refractivity contribution in [2.24, 2.45) is 0 Å². The van der Waals surface area contributed by atoms with Gasteiger partial charge in [-0.3, -0.25) is 4.90 Å². The summed E-state index contributed by atoms with van der Waals surface area (Å²) in [4.78, 5) is 1.70. The molecule has 0 bridgehead atoms. The predicted octanol–water partition coefficient (Wildman–Crippen LogP) is 2.35.